The van der Waals surface area contributed by atoms with Gasteiger partial charge in [-0.15, -0.1) is 12.4 Å². The number of nitrogens with one attached hydrogen (secondary N) is 1. The van der Waals surface area contributed by atoms with Crippen LogP contribution in [0, 0.1) is 6.92 Å². The number of hydrogen-bond donors (Lipinski definition) is 2. The number of aryl methyl sites for hydroxylation is 2. The molecular weight excluding hydrogens is 338 g/mol. The zero-order chi connectivity index (χ0) is 17.5. The highest BCUT2D eigenvalue weighted by Crippen LogP contribution is 2.18. The third-order valence-corrected chi connectivity index (χ3v) is 4.67. The van der Waals surface area contributed by atoms with Crippen molar-refractivity contribution in [2.75, 3.05) is 13.1 Å². The highest BCUT2D eigenvalue weighted by atomic mass is 35.5. The van der Waals surface area contributed by atoms with Gasteiger partial charge in [-0.25, -0.2) is 0 Å². The summed E-state index contributed by atoms with van der Waals surface area (Å²) in [7, 11) is 0. The number of piperidine rings is 1. The van der Waals surface area contributed by atoms with Gasteiger partial charge in [0.2, 0.25) is 11.8 Å². The topological polar surface area (TPSA) is 75.4 Å². The fourth-order valence-corrected chi connectivity index (χ4v) is 3.19. The van der Waals surface area contributed by atoms with E-state index < -0.39 is 0 Å². The van der Waals surface area contributed by atoms with E-state index in [0.29, 0.717) is 12.8 Å². The van der Waals surface area contributed by atoms with E-state index in [2.05, 4.69) is 5.32 Å². The predicted octanol–water partition coefficient (Wildman–Crippen LogP) is 2.19. The number of halogens is 1. The largest absolute Gasteiger partial charge is 0.347 e. The van der Waals surface area contributed by atoms with Crippen LogP contribution in [0.25, 0.3) is 0 Å². The van der Waals surface area contributed by atoms with E-state index in [1.807, 2.05) is 43.0 Å². The van der Waals surface area contributed by atoms with Crippen molar-refractivity contribution >= 4 is 24.2 Å². The molecular formula is C19H30ClN3O2. The number of carbonyl (C=O) groups excluding carboxylic acids is 2. The van der Waals surface area contributed by atoms with Gasteiger partial charge in [-0.05, 0) is 45.1 Å². The van der Waals surface area contributed by atoms with Crippen LogP contribution >= 0.6 is 12.4 Å². The fourth-order valence-electron chi connectivity index (χ4n) is 3.19. The van der Waals surface area contributed by atoms with Gasteiger partial charge in [0, 0.05) is 25.0 Å². The van der Waals surface area contributed by atoms with Crippen molar-refractivity contribution in [2.24, 2.45) is 5.73 Å². The lowest BCUT2D eigenvalue weighted by Crippen LogP contribution is -2.54. The van der Waals surface area contributed by atoms with Gasteiger partial charge in [0.1, 0.15) is 0 Å². The van der Waals surface area contributed by atoms with Crippen molar-refractivity contribution in [3.8, 4) is 0 Å². The summed E-state index contributed by atoms with van der Waals surface area (Å²) in [4.78, 5) is 26.2. The van der Waals surface area contributed by atoms with E-state index in [4.69, 9.17) is 5.73 Å². The Balaban J connectivity index is 0.00000312. The first kappa shape index (κ1) is 21.5. The molecule has 1 aliphatic rings. The molecule has 0 aliphatic carbocycles. The van der Waals surface area contributed by atoms with Crippen LogP contribution in [0.5, 0.6) is 0 Å². The maximum Gasteiger partial charge on any atom is 0.242 e. The molecule has 0 bridgehead atoms. The van der Waals surface area contributed by atoms with Crippen LogP contribution in [0.2, 0.25) is 0 Å². The Hall–Kier alpha value is -1.59. The lowest BCUT2D eigenvalue weighted by molar-refractivity contribution is -0.136. The summed E-state index contributed by atoms with van der Waals surface area (Å²) in [6.45, 7) is 4.79. The molecule has 1 saturated heterocycles. The second-order valence-corrected chi connectivity index (χ2v) is 6.77. The first-order valence-corrected chi connectivity index (χ1v) is 8.84. The Kier molecular flexibility index (Phi) is 8.93. The Morgan fingerprint density at radius 3 is 2.60 bits per heavy atom. The number of nitrogens with two attached hydrogens (primary N) is 1. The Morgan fingerprint density at radius 2 is 1.96 bits per heavy atom. The van der Waals surface area contributed by atoms with Crippen molar-refractivity contribution in [1.82, 2.24) is 10.2 Å². The van der Waals surface area contributed by atoms with Crippen molar-refractivity contribution in [3.63, 3.8) is 0 Å². The molecule has 0 aromatic heterocycles. The van der Waals surface area contributed by atoms with Crippen molar-refractivity contribution in [1.29, 1.82) is 0 Å². The normalized spacial score (nSPS) is 18.2. The number of nitrogens with zero attached hydrogens (tertiary/aromatic N) is 1. The highest BCUT2D eigenvalue weighted by molar-refractivity contribution is 5.85. The molecule has 1 aliphatic heterocycles. The van der Waals surface area contributed by atoms with E-state index in [9.17, 15) is 9.59 Å². The minimum absolute atomic E-state index is 0. The van der Waals surface area contributed by atoms with E-state index in [-0.39, 0.29) is 42.8 Å². The van der Waals surface area contributed by atoms with Gasteiger partial charge in [0.15, 0.2) is 0 Å². The molecule has 1 aromatic carbocycles. The average Bonchev–Trinajstić information content (AvgIpc) is 2.59. The van der Waals surface area contributed by atoms with Crippen LogP contribution in [0.4, 0.5) is 0 Å². The van der Waals surface area contributed by atoms with Gasteiger partial charge in [0.05, 0.1) is 6.54 Å². The van der Waals surface area contributed by atoms with Gasteiger partial charge in [-0.2, -0.15) is 0 Å². The summed E-state index contributed by atoms with van der Waals surface area (Å²) < 4.78 is 0. The molecule has 140 valence electrons. The number of amides is 2. The number of likely N-dealkylation sites (tertiary alicyclic amines) is 1. The molecule has 0 radical (unpaired) electrons. The molecule has 6 heteroatoms. The van der Waals surface area contributed by atoms with Gasteiger partial charge < -0.3 is 16.0 Å². The van der Waals surface area contributed by atoms with Crippen LogP contribution in [0.1, 0.15) is 43.7 Å². The van der Waals surface area contributed by atoms with Gasteiger partial charge in [-0.1, -0.05) is 29.8 Å². The quantitative estimate of drug-likeness (QED) is 0.809. The summed E-state index contributed by atoms with van der Waals surface area (Å²) in [5.74, 6) is -0.112. The highest BCUT2D eigenvalue weighted by Gasteiger charge is 2.28. The van der Waals surface area contributed by atoms with Gasteiger partial charge >= 0.3 is 0 Å². The second-order valence-electron chi connectivity index (χ2n) is 6.77. The Labute approximate surface area is 156 Å². The minimum atomic E-state index is -0.0849. The van der Waals surface area contributed by atoms with Crippen molar-refractivity contribution < 1.29 is 9.59 Å². The number of rotatable bonds is 6. The molecule has 2 atom stereocenters. The van der Waals surface area contributed by atoms with Crippen molar-refractivity contribution in [2.45, 2.75) is 58.0 Å². The Bertz CT molecular complexity index is 560. The molecule has 1 heterocycles. The van der Waals surface area contributed by atoms with Crippen LogP contribution in [-0.2, 0) is 16.0 Å². The summed E-state index contributed by atoms with van der Waals surface area (Å²) in [6.07, 6.45) is 4.15. The SMILES string of the molecule is Cc1ccc(CCC(=O)NCC(=O)N2CCCCC2C(C)N)cc1.Cl. The molecule has 0 saturated carbocycles. The van der Waals surface area contributed by atoms with E-state index in [1.54, 1.807) is 0 Å². The van der Waals surface area contributed by atoms with Crippen LogP contribution in [0.3, 0.4) is 0 Å². The number of hydrogen-bond acceptors (Lipinski definition) is 3. The van der Waals surface area contributed by atoms with Crippen LogP contribution in [-0.4, -0.2) is 41.9 Å². The third kappa shape index (κ3) is 6.67. The minimum Gasteiger partial charge on any atom is -0.347 e. The molecule has 1 aromatic rings. The summed E-state index contributed by atoms with van der Waals surface area (Å²) >= 11 is 0. The molecule has 0 spiro atoms. The van der Waals surface area contributed by atoms with Gasteiger partial charge in [-0.3, -0.25) is 9.59 Å². The first-order valence-electron chi connectivity index (χ1n) is 8.84. The Morgan fingerprint density at radius 1 is 1.28 bits per heavy atom. The monoisotopic (exact) mass is 367 g/mol. The molecule has 2 amide bonds. The van der Waals surface area contributed by atoms with E-state index in [0.717, 1.165) is 31.4 Å². The van der Waals surface area contributed by atoms with E-state index >= 15 is 0 Å². The number of carbonyl (C=O) groups is 2. The smallest absolute Gasteiger partial charge is 0.242 e. The maximum absolute atomic E-state index is 12.4. The van der Waals surface area contributed by atoms with Gasteiger partial charge in [0.25, 0.3) is 0 Å². The lowest BCUT2D eigenvalue weighted by atomic mass is 9.97. The fraction of sp³-hybridized carbons (Fsp3) is 0.579. The molecule has 5 nitrogen and oxygen atoms in total. The lowest BCUT2D eigenvalue weighted by Gasteiger charge is -2.38. The maximum atomic E-state index is 12.4. The van der Waals surface area contributed by atoms with Crippen molar-refractivity contribution in [3.05, 3.63) is 35.4 Å². The second kappa shape index (κ2) is 10.4. The zero-order valence-electron chi connectivity index (χ0n) is 15.2. The molecule has 3 N–H and O–H groups in total. The van der Waals surface area contributed by atoms with E-state index in [1.165, 1.54) is 5.56 Å². The van der Waals surface area contributed by atoms with Crippen LogP contribution in [0.15, 0.2) is 24.3 Å². The predicted molar refractivity (Wildman–Crippen MR) is 103 cm³/mol. The number of benzene rings is 1. The standard InChI is InChI=1S/C19H29N3O2.ClH/c1-14-6-8-16(9-7-14)10-11-18(23)21-13-19(24)22-12-4-3-5-17(22)15(2)20;/h6-9,15,17H,3-5,10-13,20H2,1-2H3,(H,21,23);1H. The summed E-state index contributed by atoms with van der Waals surface area (Å²) in [6, 6.07) is 8.22. The average molecular weight is 368 g/mol. The zero-order valence-corrected chi connectivity index (χ0v) is 16.0. The first-order chi connectivity index (χ1) is 11.5. The molecule has 25 heavy (non-hydrogen) atoms. The molecule has 1 fully saturated rings. The summed E-state index contributed by atoms with van der Waals surface area (Å²) in [5, 5.41) is 2.75. The third-order valence-electron chi connectivity index (χ3n) is 4.67. The summed E-state index contributed by atoms with van der Waals surface area (Å²) in [5.41, 5.74) is 8.33. The van der Waals surface area contributed by atoms with Crippen LogP contribution < -0.4 is 11.1 Å². The molecule has 2 unspecified atom stereocenters. The molecule has 2 rings (SSSR count).